The van der Waals surface area contributed by atoms with Crippen LogP contribution in [0, 0.1) is 18.3 Å². The third-order valence-electron chi connectivity index (χ3n) is 6.83. The molecule has 3 heterocycles. The van der Waals surface area contributed by atoms with E-state index in [1.165, 1.54) is 4.90 Å². The second-order valence-corrected chi connectivity index (χ2v) is 9.77. The zero-order valence-electron chi connectivity index (χ0n) is 19.1. The maximum atomic E-state index is 14.2. The molecule has 1 aromatic heterocycles. The first-order valence-corrected chi connectivity index (χ1v) is 11.8. The van der Waals surface area contributed by atoms with Gasteiger partial charge in [0.05, 0.1) is 23.9 Å². The molecule has 9 heteroatoms. The molecule has 2 atom stereocenters. The normalized spacial score (nSPS) is 21.8. The molecule has 0 bridgehead atoms. The van der Waals surface area contributed by atoms with Crippen LogP contribution < -0.4 is 9.80 Å². The maximum Gasteiger partial charge on any atom is 0.332 e. The highest BCUT2D eigenvalue weighted by molar-refractivity contribution is 6.35. The Balaban J connectivity index is 1.63. The van der Waals surface area contributed by atoms with E-state index in [0.29, 0.717) is 27.8 Å². The van der Waals surface area contributed by atoms with Gasteiger partial charge in [0.25, 0.3) is 5.91 Å². The van der Waals surface area contributed by atoms with E-state index >= 15 is 0 Å². The number of carbonyl (C=O) groups excluding carboxylic acids is 2. The quantitative estimate of drug-likeness (QED) is 0.467. The summed E-state index contributed by atoms with van der Waals surface area (Å²) in [5.74, 6) is 0.00998. The first kappa shape index (κ1) is 23.2. The van der Waals surface area contributed by atoms with Crippen LogP contribution in [0.3, 0.4) is 0 Å². The molecule has 0 N–H and O–H groups in total. The Morgan fingerprint density at radius 2 is 1.74 bits per heavy atom. The summed E-state index contributed by atoms with van der Waals surface area (Å²) in [4.78, 5) is 37.0. The minimum Gasteiger partial charge on any atom is -0.353 e. The number of hydrogen-bond donors (Lipinski definition) is 0. The van der Waals surface area contributed by atoms with Gasteiger partial charge in [0.2, 0.25) is 0 Å². The molecule has 0 unspecified atom stereocenters. The molecule has 1 spiro atoms. The van der Waals surface area contributed by atoms with Crippen LogP contribution in [0.2, 0.25) is 10.0 Å². The molecule has 0 aliphatic carbocycles. The fourth-order valence-corrected chi connectivity index (χ4v) is 5.54. The summed E-state index contributed by atoms with van der Waals surface area (Å²) in [5, 5.41) is 9.90. The number of halogens is 2. The number of aromatic nitrogens is 1. The fourth-order valence-electron chi connectivity index (χ4n) is 5.03. The molecule has 0 radical (unpaired) electrons. The van der Waals surface area contributed by atoms with Crippen molar-refractivity contribution in [3.8, 4) is 6.07 Å². The van der Waals surface area contributed by atoms with Crippen LogP contribution in [0.15, 0.2) is 60.8 Å². The van der Waals surface area contributed by atoms with Gasteiger partial charge >= 0.3 is 6.03 Å². The highest BCUT2D eigenvalue weighted by Gasteiger charge is 2.64. The molecule has 2 fully saturated rings. The minimum absolute atomic E-state index is 0.263. The van der Waals surface area contributed by atoms with Crippen molar-refractivity contribution in [3.05, 3.63) is 87.5 Å². The lowest BCUT2D eigenvalue weighted by Crippen LogP contribution is -2.53. The highest BCUT2D eigenvalue weighted by Crippen LogP contribution is 2.47. The average Bonchev–Trinajstić information content (AvgIpc) is 3.32. The molecular weight excluding hydrogens is 485 g/mol. The van der Waals surface area contributed by atoms with E-state index in [9.17, 15) is 14.9 Å². The average molecular weight is 506 g/mol. The van der Waals surface area contributed by atoms with E-state index in [1.807, 2.05) is 36.1 Å². The number of hydrogen-bond acceptors (Lipinski definition) is 5. The molecule has 0 saturated carbocycles. The number of urea groups is 1. The Morgan fingerprint density at radius 3 is 2.34 bits per heavy atom. The third-order valence-corrected chi connectivity index (χ3v) is 7.27. The zero-order valence-corrected chi connectivity index (χ0v) is 20.6. The van der Waals surface area contributed by atoms with Gasteiger partial charge in [0.1, 0.15) is 11.4 Å². The highest BCUT2D eigenvalue weighted by atomic mass is 35.5. The molecule has 176 valence electrons. The van der Waals surface area contributed by atoms with Gasteiger partial charge in [-0.2, -0.15) is 5.26 Å². The SMILES string of the molecule is Cc1ccc(N2C[C@@H](c3ccc(C#N)cc3)[C@]3(C2)C(=O)N(c2cc(Cl)cc(Cl)c2)C(=O)N3C)nc1. The minimum atomic E-state index is -1.19. The molecule has 7 nitrogen and oxygen atoms in total. The maximum absolute atomic E-state index is 14.2. The number of likely N-dealkylation sites (N-methyl/N-ethyl adjacent to an activating group) is 1. The van der Waals surface area contributed by atoms with Gasteiger partial charge in [-0.1, -0.05) is 41.4 Å². The summed E-state index contributed by atoms with van der Waals surface area (Å²) in [6.07, 6.45) is 1.78. The van der Waals surface area contributed by atoms with Gasteiger partial charge in [0.15, 0.2) is 0 Å². The second-order valence-electron chi connectivity index (χ2n) is 8.89. The number of rotatable bonds is 3. The van der Waals surface area contributed by atoms with E-state index in [0.717, 1.165) is 21.8 Å². The van der Waals surface area contributed by atoms with Crippen LogP contribution >= 0.6 is 23.2 Å². The van der Waals surface area contributed by atoms with Crippen molar-refractivity contribution in [2.24, 2.45) is 0 Å². The molecule has 2 aliphatic rings. The smallest absolute Gasteiger partial charge is 0.332 e. The summed E-state index contributed by atoms with van der Waals surface area (Å²) >= 11 is 12.4. The van der Waals surface area contributed by atoms with Crippen molar-refractivity contribution in [2.75, 3.05) is 29.9 Å². The predicted molar refractivity (Wildman–Crippen MR) is 135 cm³/mol. The lowest BCUT2D eigenvalue weighted by Gasteiger charge is -2.33. The van der Waals surface area contributed by atoms with Gasteiger partial charge in [-0.05, 0) is 54.4 Å². The Morgan fingerprint density at radius 1 is 1.06 bits per heavy atom. The summed E-state index contributed by atoms with van der Waals surface area (Å²) in [6, 6.07) is 17.4. The number of nitriles is 1. The first-order chi connectivity index (χ1) is 16.7. The van der Waals surface area contributed by atoms with Gasteiger partial charge in [-0.3, -0.25) is 4.79 Å². The summed E-state index contributed by atoms with van der Waals surface area (Å²) in [7, 11) is 1.65. The molecule has 2 saturated heterocycles. The lowest BCUT2D eigenvalue weighted by atomic mass is 9.80. The number of pyridine rings is 1. The van der Waals surface area contributed by atoms with E-state index in [-0.39, 0.29) is 18.4 Å². The Hall–Kier alpha value is -3.60. The van der Waals surface area contributed by atoms with E-state index in [2.05, 4.69) is 11.1 Å². The van der Waals surface area contributed by atoms with Crippen molar-refractivity contribution < 1.29 is 9.59 Å². The number of aryl methyl sites for hydroxylation is 1. The number of anilines is 2. The van der Waals surface area contributed by atoms with Crippen LogP contribution in [0.25, 0.3) is 0 Å². The van der Waals surface area contributed by atoms with Crippen LogP contribution in [0.5, 0.6) is 0 Å². The van der Waals surface area contributed by atoms with Crippen molar-refractivity contribution in [3.63, 3.8) is 0 Å². The molecule has 35 heavy (non-hydrogen) atoms. The largest absolute Gasteiger partial charge is 0.353 e. The zero-order chi connectivity index (χ0) is 24.9. The third kappa shape index (κ3) is 3.70. The Bertz CT molecular complexity index is 1350. The standard InChI is InChI=1S/C26H21Cl2N5O2/c1-16-3-8-23(30-13-16)32-14-22(18-6-4-17(12-29)5-7-18)26(15-32)24(34)33(25(35)31(26)2)21-10-19(27)9-20(28)11-21/h3-11,13,22H,14-15H2,1-2H3/t22-,26+/m0/s1. The topological polar surface area (TPSA) is 80.5 Å². The number of imide groups is 1. The van der Waals surface area contributed by atoms with E-state index in [4.69, 9.17) is 23.2 Å². The van der Waals surface area contributed by atoms with Crippen molar-refractivity contribution >= 4 is 46.6 Å². The number of nitrogens with zero attached hydrogens (tertiary/aromatic N) is 5. The molecule has 5 rings (SSSR count). The molecule has 3 aromatic rings. The second kappa shape index (κ2) is 8.56. The predicted octanol–water partition coefficient (Wildman–Crippen LogP) is 5.01. The fraction of sp³-hybridized carbons (Fsp3) is 0.231. The van der Waals surface area contributed by atoms with E-state index in [1.54, 1.807) is 43.6 Å². The van der Waals surface area contributed by atoms with Gasteiger partial charge < -0.3 is 9.80 Å². The number of carbonyl (C=O) groups is 2. The molecule has 3 amide bonds. The van der Waals surface area contributed by atoms with Crippen LogP contribution in [-0.2, 0) is 4.79 Å². The summed E-state index contributed by atoms with van der Waals surface area (Å²) < 4.78 is 0. The van der Waals surface area contributed by atoms with Crippen LogP contribution in [0.4, 0.5) is 16.3 Å². The summed E-state index contributed by atoms with van der Waals surface area (Å²) in [5.41, 5.74) is 1.55. The van der Waals surface area contributed by atoms with E-state index < -0.39 is 11.6 Å². The van der Waals surface area contributed by atoms with Gasteiger partial charge in [0, 0.05) is 35.8 Å². The van der Waals surface area contributed by atoms with Crippen molar-refractivity contribution in [1.29, 1.82) is 5.26 Å². The summed E-state index contributed by atoms with van der Waals surface area (Å²) in [6.45, 7) is 2.69. The lowest BCUT2D eigenvalue weighted by molar-refractivity contribution is -0.124. The molecule has 2 aromatic carbocycles. The Labute approximate surface area is 213 Å². The Kier molecular flexibility index (Phi) is 5.66. The van der Waals surface area contributed by atoms with Gasteiger partial charge in [-0.25, -0.2) is 14.7 Å². The van der Waals surface area contributed by atoms with Gasteiger partial charge in [-0.15, -0.1) is 0 Å². The van der Waals surface area contributed by atoms with Crippen LogP contribution in [-0.4, -0.2) is 47.5 Å². The molecular formula is C26H21Cl2N5O2. The van der Waals surface area contributed by atoms with Crippen molar-refractivity contribution in [1.82, 2.24) is 9.88 Å². The van der Waals surface area contributed by atoms with Crippen LogP contribution in [0.1, 0.15) is 22.6 Å². The number of amides is 3. The monoisotopic (exact) mass is 505 g/mol. The van der Waals surface area contributed by atoms with Crippen molar-refractivity contribution in [2.45, 2.75) is 18.4 Å². The molecule has 2 aliphatic heterocycles. The first-order valence-electron chi connectivity index (χ1n) is 11.0. The number of benzene rings is 2.